The number of rotatable bonds is 11. The number of carboxylic acid groups (broad SMARTS) is 1. The Morgan fingerprint density at radius 3 is 2.59 bits per heavy atom. The van der Waals surface area contributed by atoms with E-state index >= 15 is 0 Å². The molecule has 7 atom stereocenters. The second kappa shape index (κ2) is 13.0. The molecular formula is C37H46N2O10. The molecule has 6 rings (SSSR count). The van der Waals surface area contributed by atoms with Gasteiger partial charge >= 0.3 is 11.9 Å². The van der Waals surface area contributed by atoms with Gasteiger partial charge in [0, 0.05) is 35.7 Å². The Morgan fingerprint density at radius 1 is 1.08 bits per heavy atom. The van der Waals surface area contributed by atoms with Crippen LogP contribution in [-0.2, 0) is 30.3 Å². The molecule has 0 spiro atoms. The van der Waals surface area contributed by atoms with Crippen LogP contribution in [-0.4, -0.2) is 81.7 Å². The van der Waals surface area contributed by atoms with E-state index in [1.54, 1.807) is 24.3 Å². The van der Waals surface area contributed by atoms with Gasteiger partial charge in [-0.1, -0.05) is 19.4 Å². The van der Waals surface area contributed by atoms with Gasteiger partial charge < -0.3 is 35.1 Å². The highest BCUT2D eigenvalue weighted by Gasteiger charge is 2.68. The Kier molecular flexibility index (Phi) is 9.25. The zero-order valence-corrected chi connectivity index (χ0v) is 28.3. The van der Waals surface area contributed by atoms with E-state index in [4.69, 9.17) is 9.47 Å². The van der Waals surface area contributed by atoms with Crippen molar-refractivity contribution in [2.24, 2.45) is 28.6 Å². The van der Waals surface area contributed by atoms with Crippen LogP contribution in [0.25, 0.3) is 10.9 Å². The van der Waals surface area contributed by atoms with Crippen molar-refractivity contribution in [2.45, 2.75) is 89.8 Å². The molecule has 12 nitrogen and oxygen atoms in total. The fourth-order valence-corrected chi connectivity index (χ4v) is 9.91. The summed E-state index contributed by atoms with van der Waals surface area (Å²) in [6.07, 6.45) is 4.57. The van der Waals surface area contributed by atoms with Crippen LogP contribution in [0.1, 0.15) is 87.7 Å². The molecule has 3 saturated carbocycles. The zero-order chi connectivity index (χ0) is 35.3. The van der Waals surface area contributed by atoms with Gasteiger partial charge in [0.15, 0.2) is 12.4 Å². The largest absolute Gasteiger partial charge is 0.497 e. The quantitative estimate of drug-likeness (QED) is 0.219. The predicted octanol–water partition coefficient (Wildman–Crippen LogP) is 3.66. The third kappa shape index (κ3) is 5.96. The Balaban J connectivity index is 1.01. The van der Waals surface area contributed by atoms with Gasteiger partial charge in [-0.05, 0) is 98.0 Å². The number of Topliss-reactive ketones (excluding diaryl/α,β-unsaturated/α-hetero) is 1. The van der Waals surface area contributed by atoms with Gasteiger partial charge in [-0.2, -0.15) is 0 Å². The first kappa shape index (κ1) is 34.8. The molecule has 3 fully saturated rings. The number of ether oxygens (including phenoxy) is 2. The SMILES string of the molecule is COc1ccc2[nH]c(C(=O)O)c(CCNC(=O)CCC(=O)OCC(=O)[C@@]3(O)CC[C@H]4[C@@H]5CCC6=CC(=O)CC[C@]6(C)[C@H]5[C@@H](O)C[C@@]43C)c2c1. The Labute approximate surface area is 284 Å². The second-order valence-corrected chi connectivity index (χ2v) is 14.9. The molecule has 4 aliphatic carbocycles. The van der Waals surface area contributed by atoms with Crippen molar-refractivity contribution in [2.75, 3.05) is 20.3 Å². The molecule has 0 unspecified atom stereocenters. The maximum absolute atomic E-state index is 13.5. The van der Waals surface area contributed by atoms with E-state index in [-0.39, 0.29) is 73.3 Å². The minimum absolute atomic E-state index is 0.00288. The summed E-state index contributed by atoms with van der Waals surface area (Å²) in [7, 11) is 1.51. The summed E-state index contributed by atoms with van der Waals surface area (Å²) in [5.74, 6) is -2.16. The number of hydrogen-bond donors (Lipinski definition) is 5. The Bertz CT molecular complexity index is 1730. The molecule has 0 bridgehead atoms. The van der Waals surface area contributed by atoms with Crippen LogP contribution in [0.2, 0.25) is 0 Å². The number of carbonyl (C=O) groups is 5. The molecule has 4 aliphatic rings. The number of carboxylic acids is 1. The highest BCUT2D eigenvalue weighted by atomic mass is 16.5. The third-order valence-electron chi connectivity index (χ3n) is 12.5. The van der Waals surface area contributed by atoms with Crippen LogP contribution in [0.15, 0.2) is 29.8 Å². The van der Waals surface area contributed by atoms with Crippen molar-refractivity contribution in [3.05, 3.63) is 41.1 Å². The summed E-state index contributed by atoms with van der Waals surface area (Å²) in [6.45, 7) is 3.53. The van der Waals surface area contributed by atoms with Crippen molar-refractivity contribution >= 4 is 40.3 Å². The van der Waals surface area contributed by atoms with Crippen LogP contribution in [0.4, 0.5) is 0 Å². The number of esters is 1. The highest BCUT2D eigenvalue weighted by molar-refractivity contribution is 5.98. The summed E-state index contributed by atoms with van der Waals surface area (Å²) in [5.41, 5.74) is -0.650. The lowest BCUT2D eigenvalue weighted by molar-refractivity contribution is -0.184. The van der Waals surface area contributed by atoms with E-state index in [0.29, 0.717) is 41.5 Å². The summed E-state index contributed by atoms with van der Waals surface area (Å²) >= 11 is 0. The number of aromatic amines is 1. The van der Waals surface area contributed by atoms with Crippen LogP contribution >= 0.6 is 0 Å². The van der Waals surface area contributed by atoms with Gasteiger partial charge in [0.1, 0.15) is 17.0 Å². The Hall–Kier alpha value is -4.03. The molecule has 1 amide bonds. The number of allylic oxidation sites excluding steroid dienone is 1. The van der Waals surface area contributed by atoms with E-state index in [1.807, 2.05) is 6.92 Å². The molecule has 12 heteroatoms. The molecule has 1 aromatic heterocycles. The standard InChI is InChI=1S/C37H46N2O10/c1-35-13-10-21(40)16-20(35)4-6-24-26-11-14-37(47,36(26,2)18-28(41)32(24)35)29(42)19-49-31(44)9-8-30(43)38-15-12-23-25-17-22(48-3)5-7-27(25)39-33(23)34(45)46/h5,7,16-17,24,26,28,32,39,41,47H,4,6,8-15,18-19H2,1-3H3,(H,38,43)(H,45,46)/t24-,26-,28-,32+,35-,36-,37-/m0/s1. The molecule has 0 aliphatic heterocycles. The van der Waals surface area contributed by atoms with Gasteiger partial charge in [-0.3, -0.25) is 19.2 Å². The van der Waals surface area contributed by atoms with Gasteiger partial charge in [-0.25, -0.2) is 4.79 Å². The van der Waals surface area contributed by atoms with Crippen molar-refractivity contribution < 1.29 is 48.8 Å². The number of H-pyrrole nitrogens is 1. The second-order valence-electron chi connectivity index (χ2n) is 14.9. The molecule has 1 heterocycles. The van der Waals surface area contributed by atoms with E-state index in [1.165, 1.54) is 7.11 Å². The van der Waals surface area contributed by atoms with E-state index in [9.17, 15) is 39.3 Å². The lowest BCUT2D eigenvalue weighted by Crippen LogP contribution is -2.62. The summed E-state index contributed by atoms with van der Waals surface area (Å²) < 4.78 is 10.5. The number of hydrogen-bond acceptors (Lipinski definition) is 9. The fourth-order valence-electron chi connectivity index (χ4n) is 9.91. The first-order valence-electron chi connectivity index (χ1n) is 17.2. The number of aromatic carboxylic acids is 1. The zero-order valence-electron chi connectivity index (χ0n) is 28.3. The third-order valence-corrected chi connectivity index (χ3v) is 12.5. The van der Waals surface area contributed by atoms with Crippen molar-refractivity contribution in [3.8, 4) is 5.75 Å². The minimum atomic E-state index is -1.76. The number of aromatic nitrogens is 1. The molecule has 49 heavy (non-hydrogen) atoms. The van der Waals surface area contributed by atoms with E-state index in [0.717, 1.165) is 18.4 Å². The topological polar surface area (TPSA) is 192 Å². The molecule has 0 saturated heterocycles. The molecular weight excluding hydrogens is 632 g/mol. The normalized spacial score (nSPS) is 32.0. The van der Waals surface area contributed by atoms with Crippen LogP contribution in [0, 0.1) is 28.6 Å². The van der Waals surface area contributed by atoms with Gasteiger partial charge in [-0.15, -0.1) is 0 Å². The van der Waals surface area contributed by atoms with Crippen LogP contribution < -0.4 is 10.1 Å². The summed E-state index contributed by atoms with van der Waals surface area (Å²) in [4.78, 5) is 65.5. The first-order valence-corrected chi connectivity index (χ1v) is 17.2. The molecule has 1 aromatic carbocycles. The number of carbonyl (C=O) groups excluding carboxylic acids is 4. The number of benzene rings is 1. The number of aliphatic hydroxyl groups is 2. The highest BCUT2D eigenvalue weighted by Crippen LogP contribution is 2.67. The average Bonchev–Trinajstić information content (AvgIpc) is 3.56. The van der Waals surface area contributed by atoms with Crippen molar-refractivity contribution in [1.82, 2.24) is 10.3 Å². The van der Waals surface area contributed by atoms with E-state index < -0.39 is 47.4 Å². The monoisotopic (exact) mass is 678 g/mol. The van der Waals surface area contributed by atoms with Gasteiger partial charge in [0.25, 0.3) is 0 Å². The average molecular weight is 679 g/mol. The lowest BCUT2D eigenvalue weighted by Gasteiger charge is -2.60. The smallest absolute Gasteiger partial charge is 0.352 e. The number of ketones is 2. The minimum Gasteiger partial charge on any atom is -0.497 e. The van der Waals surface area contributed by atoms with Gasteiger partial charge in [0.05, 0.1) is 19.6 Å². The number of nitrogens with one attached hydrogen (secondary N) is 2. The Morgan fingerprint density at radius 2 is 1.86 bits per heavy atom. The van der Waals surface area contributed by atoms with Crippen LogP contribution in [0.5, 0.6) is 5.75 Å². The maximum Gasteiger partial charge on any atom is 0.352 e. The first-order chi connectivity index (χ1) is 23.2. The number of methoxy groups -OCH3 is 1. The summed E-state index contributed by atoms with van der Waals surface area (Å²) in [5, 5.41) is 36.5. The maximum atomic E-state index is 13.5. The van der Waals surface area contributed by atoms with Gasteiger partial charge in [0.2, 0.25) is 11.7 Å². The number of fused-ring (bicyclic) bond motifs is 6. The lowest BCUT2D eigenvalue weighted by atomic mass is 9.45. The molecule has 0 radical (unpaired) electrons. The van der Waals surface area contributed by atoms with Crippen LogP contribution in [0.3, 0.4) is 0 Å². The fraction of sp³-hybridized carbons (Fsp3) is 0.595. The van der Waals surface area contributed by atoms with E-state index in [2.05, 4.69) is 17.2 Å². The number of amides is 1. The molecule has 264 valence electrons. The van der Waals surface area contributed by atoms with Crippen molar-refractivity contribution in [1.29, 1.82) is 0 Å². The number of aliphatic hydroxyl groups excluding tert-OH is 1. The molecule has 2 aromatic rings. The molecule has 5 N–H and O–H groups in total. The summed E-state index contributed by atoms with van der Waals surface area (Å²) in [6, 6.07) is 5.17. The predicted molar refractivity (Wildman–Crippen MR) is 177 cm³/mol. The van der Waals surface area contributed by atoms with Crippen molar-refractivity contribution in [3.63, 3.8) is 0 Å².